The number of hydrogen-bond donors (Lipinski definition) is 1. The second kappa shape index (κ2) is 7.66. The minimum Gasteiger partial charge on any atom is -0.496 e. The van der Waals surface area contributed by atoms with E-state index < -0.39 is 0 Å². The Balaban J connectivity index is 2.42. The molecule has 1 heterocycles. The van der Waals surface area contributed by atoms with Gasteiger partial charge in [0.1, 0.15) is 11.5 Å². The first-order valence-corrected chi connectivity index (χ1v) is 7.88. The molecule has 1 aliphatic rings. The summed E-state index contributed by atoms with van der Waals surface area (Å²) in [6.45, 7) is 8.57. The van der Waals surface area contributed by atoms with Crippen LogP contribution in [0.4, 0.5) is 0 Å². The van der Waals surface area contributed by atoms with Crippen molar-refractivity contribution in [3.63, 3.8) is 0 Å². The molecule has 0 unspecified atom stereocenters. The standard InChI is InChI=1S/C17H28N2O2/c1-5-6-14(19-9-7-18-8-10-19)17-15(20-3)11-13(2)12-16(17)21-4/h11-12,14,18H,5-10H2,1-4H3/t14-/m0/s1. The molecule has 1 aromatic rings. The topological polar surface area (TPSA) is 33.7 Å². The number of nitrogens with zero attached hydrogens (tertiary/aromatic N) is 1. The quantitative estimate of drug-likeness (QED) is 0.874. The van der Waals surface area contributed by atoms with Gasteiger partial charge < -0.3 is 14.8 Å². The number of rotatable bonds is 6. The van der Waals surface area contributed by atoms with Crippen molar-refractivity contribution in [3.05, 3.63) is 23.3 Å². The van der Waals surface area contributed by atoms with Gasteiger partial charge in [-0.05, 0) is 31.0 Å². The van der Waals surface area contributed by atoms with Crippen molar-refractivity contribution in [1.82, 2.24) is 10.2 Å². The highest BCUT2D eigenvalue weighted by Crippen LogP contribution is 2.40. The van der Waals surface area contributed by atoms with Gasteiger partial charge in [-0.2, -0.15) is 0 Å². The van der Waals surface area contributed by atoms with Crippen LogP contribution in [0.25, 0.3) is 0 Å². The Morgan fingerprint density at radius 1 is 1.14 bits per heavy atom. The van der Waals surface area contributed by atoms with Crippen LogP contribution in [0.2, 0.25) is 0 Å². The summed E-state index contributed by atoms with van der Waals surface area (Å²) in [4.78, 5) is 2.55. The van der Waals surface area contributed by atoms with Crippen LogP contribution < -0.4 is 14.8 Å². The molecular formula is C17H28N2O2. The molecule has 1 aromatic carbocycles. The van der Waals surface area contributed by atoms with E-state index in [-0.39, 0.29) is 0 Å². The van der Waals surface area contributed by atoms with Gasteiger partial charge in [0.2, 0.25) is 0 Å². The van der Waals surface area contributed by atoms with E-state index in [1.54, 1.807) is 14.2 Å². The summed E-state index contributed by atoms with van der Waals surface area (Å²) in [6, 6.07) is 4.59. The molecule has 0 aliphatic carbocycles. The van der Waals surface area contributed by atoms with E-state index in [1.807, 2.05) is 0 Å². The van der Waals surface area contributed by atoms with Crippen molar-refractivity contribution >= 4 is 0 Å². The highest BCUT2D eigenvalue weighted by atomic mass is 16.5. The highest BCUT2D eigenvalue weighted by molar-refractivity contribution is 5.49. The van der Waals surface area contributed by atoms with Gasteiger partial charge in [0.05, 0.1) is 19.8 Å². The smallest absolute Gasteiger partial charge is 0.127 e. The SMILES string of the molecule is CCC[C@@H](c1c(OC)cc(C)cc1OC)N1CCNCC1. The average molecular weight is 292 g/mol. The van der Waals surface area contributed by atoms with Gasteiger partial charge in [-0.1, -0.05) is 13.3 Å². The zero-order valence-electron chi connectivity index (χ0n) is 13.7. The first-order chi connectivity index (χ1) is 10.2. The Hall–Kier alpha value is -1.26. The summed E-state index contributed by atoms with van der Waals surface area (Å²) in [7, 11) is 3.50. The Bertz CT molecular complexity index is 431. The minimum absolute atomic E-state index is 0.364. The fourth-order valence-corrected chi connectivity index (χ4v) is 3.18. The maximum absolute atomic E-state index is 5.66. The van der Waals surface area contributed by atoms with E-state index >= 15 is 0 Å². The van der Waals surface area contributed by atoms with Gasteiger partial charge in [-0.3, -0.25) is 4.90 Å². The molecule has 21 heavy (non-hydrogen) atoms. The maximum Gasteiger partial charge on any atom is 0.127 e. The van der Waals surface area contributed by atoms with Crippen molar-refractivity contribution in [1.29, 1.82) is 0 Å². The summed E-state index contributed by atoms with van der Waals surface area (Å²) in [5, 5.41) is 3.43. The van der Waals surface area contributed by atoms with Crippen molar-refractivity contribution in [2.45, 2.75) is 32.7 Å². The molecular weight excluding hydrogens is 264 g/mol. The third-order valence-corrected chi connectivity index (χ3v) is 4.18. The van der Waals surface area contributed by atoms with Gasteiger partial charge in [0, 0.05) is 32.2 Å². The van der Waals surface area contributed by atoms with Gasteiger partial charge in [0.25, 0.3) is 0 Å². The van der Waals surface area contributed by atoms with Gasteiger partial charge in [-0.25, -0.2) is 0 Å². The molecule has 0 saturated carbocycles. The van der Waals surface area contributed by atoms with Crippen LogP contribution in [-0.4, -0.2) is 45.3 Å². The molecule has 1 N–H and O–H groups in total. The Kier molecular flexibility index (Phi) is 5.88. The van der Waals surface area contributed by atoms with E-state index in [2.05, 4.69) is 36.2 Å². The molecule has 4 nitrogen and oxygen atoms in total. The van der Waals surface area contributed by atoms with Gasteiger partial charge in [0.15, 0.2) is 0 Å². The van der Waals surface area contributed by atoms with Crippen LogP contribution in [0.15, 0.2) is 12.1 Å². The van der Waals surface area contributed by atoms with Crippen molar-refractivity contribution in [2.75, 3.05) is 40.4 Å². The average Bonchev–Trinajstić information content (AvgIpc) is 2.53. The first-order valence-electron chi connectivity index (χ1n) is 7.88. The summed E-state index contributed by atoms with van der Waals surface area (Å²) in [6.07, 6.45) is 2.27. The Labute approximate surface area is 128 Å². The zero-order valence-corrected chi connectivity index (χ0v) is 13.7. The minimum atomic E-state index is 0.364. The molecule has 4 heteroatoms. The highest BCUT2D eigenvalue weighted by Gasteiger charge is 2.27. The van der Waals surface area contributed by atoms with Crippen LogP contribution in [0.5, 0.6) is 11.5 Å². The third-order valence-electron chi connectivity index (χ3n) is 4.18. The van der Waals surface area contributed by atoms with Crippen molar-refractivity contribution < 1.29 is 9.47 Å². The van der Waals surface area contributed by atoms with E-state index in [9.17, 15) is 0 Å². The largest absolute Gasteiger partial charge is 0.496 e. The maximum atomic E-state index is 5.66. The summed E-state index contributed by atoms with van der Waals surface area (Å²) >= 11 is 0. The molecule has 0 radical (unpaired) electrons. The molecule has 0 aromatic heterocycles. The lowest BCUT2D eigenvalue weighted by molar-refractivity contribution is 0.159. The van der Waals surface area contributed by atoms with E-state index in [1.165, 1.54) is 11.1 Å². The molecule has 0 bridgehead atoms. The lowest BCUT2D eigenvalue weighted by Crippen LogP contribution is -2.45. The second-order valence-electron chi connectivity index (χ2n) is 5.67. The number of piperazine rings is 1. The Morgan fingerprint density at radius 3 is 2.19 bits per heavy atom. The van der Waals surface area contributed by atoms with E-state index in [4.69, 9.17) is 9.47 Å². The molecule has 1 fully saturated rings. The number of hydrogen-bond acceptors (Lipinski definition) is 4. The molecule has 0 amide bonds. The van der Waals surface area contributed by atoms with Crippen LogP contribution >= 0.6 is 0 Å². The van der Waals surface area contributed by atoms with E-state index in [0.717, 1.165) is 50.5 Å². The Morgan fingerprint density at radius 2 is 1.71 bits per heavy atom. The summed E-state index contributed by atoms with van der Waals surface area (Å²) in [5.41, 5.74) is 2.37. The van der Waals surface area contributed by atoms with E-state index in [0.29, 0.717) is 6.04 Å². The van der Waals surface area contributed by atoms with Crippen molar-refractivity contribution in [3.8, 4) is 11.5 Å². The van der Waals surface area contributed by atoms with Crippen LogP contribution in [0.1, 0.15) is 36.9 Å². The molecule has 118 valence electrons. The monoisotopic (exact) mass is 292 g/mol. The van der Waals surface area contributed by atoms with Crippen molar-refractivity contribution in [2.24, 2.45) is 0 Å². The third kappa shape index (κ3) is 3.69. The number of methoxy groups -OCH3 is 2. The van der Waals surface area contributed by atoms with Crippen LogP contribution in [0, 0.1) is 6.92 Å². The normalized spacial score (nSPS) is 17.5. The fourth-order valence-electron chi connectivity index (χ4n) is 3.18. The summed E-state index contributed by atoms with van der Waals surface area (Å²) < 4.78 is 11.3. The first kappa shape index (κ1) is 16.1. The number of benzene rings is 1. The zero-order chi connectivity index (χ0) is 15.2. The lowest BCUT2D eigenvalue weighted by atomic mass is 9.96. The molecule has 1 atom stereocenters. The molecule has 2 rings (SSSR count). The predicted octanol–water partition coefficient (Wildman–Crippen LogP) is 2.76. The second-order valence-corrected chi connectivity index (χ2v) is 5.67. The molecule has 1 saturated heterocycles. The fraction of sp³-hybridized carbons (Fsp3) is 0.647. The van der Waals surface area contributed by atoms with Gasteiger partial charge >= 0.3 is 0 Å². The number of ether oxygens (including phenoxy) is 2. The summed E-state index contributed by atoms with van der Waals surface area (Å²) in [5.74, 6) is 1.90. The van der Waals surface area contributed by atoms with Crippen LogP contribution in [0.3, 0.4) is 0 Å². The lowest BCUT2D eigenvalue weighted by Gasteiger charge is -2.36. The van der Waals surface area contributed by atoms with Gasteiger partial charge in [-0.15, -0.1) is 0 Å². The molecule has 1 aliphatic heterocycles. The predicted molar refractivity (Wildman–Crippen MR) is 86.4 cm³/mol. The number of nitrogens with one attached hydrogen (secondary N) is 1. The number of aryl methyl sites for hydroxylation is 1. The molecule has 0 spiro atoms. The van der Waals surface area contributed by atoms with Crippen LogP contribution in [-0.2, 0) is 0 Å².